The van der Waals surface area contributed by atoms with E-state index in [0.29, 0.717) is 11.6 Å². The minimum atomic E-state index is -4.62. The number of benzene rings is 1. The Hall–Kier alpha value is -1.59. The zero-order valence-corrected chi connectivity index (χ0v) is 13.1. The van der Waals surface area contributed by atoms with E-state index in [9.17, 15) is 23.3 Å². The van der Waals surface area contributed by atoms with Gasteiger partial charge in [0.25, 0.3) is 5.69 Å². The van der Waals surface area contributed by atoms with Gasteiger partial charge >= 0.3 is 6.18 Å². The monoisotopic (exact) mass is 303 g/mol. The highest BCUT2D eigenvalue weighted by atomic mass is 19.4. The summed E-state index contributed by atoms with van der Waals surface area (Å²) in [6, 6.07) is 2.00. The van der Waals surface area contributed by atoms with Gasteiger partial charge in [-0.05, 0) is 22.5 Å². The number of nitro groups is 1. The fraction of sp³-hybridized carbons (Fsp3) is 0.600. The van der Waals surface area contributed by atoms with Crippen LogP contribution in [0.1, 0.15) is 58.2 Å². The topological polar surface area (TPSA) is 43.1 Å². The summed E-state index contributed by atoms with van der Waals surface area (Å²) in [6.45, 7) is 10.2. The molecule has 0 spiro atoms. The van der Waals surface area contributed by atoms with E-state index in [-0.39, 0.29) is 5.56 Å². The summed E-state index contributed by atoms with van der Waals surface area (Å²) in [5, 5.41) is 11.1. The van der Waals surface area contributed by atoms with Crippen LogP contribution in [0.25, 0.3) is 0 Å². The first-order valence-corrected chi connectivity index (χ1v) is 6.56. The molecule has 3 nitrogen and oxygen atoms in total. The van der Waals surface area contributed by atoms with Crippen molar-refractivity contribution in [3.05, 3.63) is 38.9 Å². The number of alkyl halides is 3. The summed E-state index contributed by atoms with van der Waals surface area (Å²) < 4.78 is 39.7. The van der Waals surface area contributed by atoms with Crippen LogP contribution in [-0.4, -0.2) is 4.92 Å². The molecule has 0 aliphatic rings. The van der Waals surface area contributed by atoms with Crippen LogP contribution in [0.2, 0.25) is 0 Å². The Morgan fingerprint density at radius 1 is 0.857 bits per heavy atom. The minimum Gasteiger partial charge on any atom is -0.258 e. The summed E-state index contributed by atoms with van der Waals surface area (Å²) in [4.78, 5) is 10.4. The second-order valence-corrected chi connectivity index (χ2v) is 7.17. The number of hydrogen-bond donors (Lipinski definition) is 0. The Labute approximate surface area is 122 Å². The lowest BCUT2D eigenvalue weighted by Gasteiger charge is -2.28. The van der Waals surface area contributed by atoms with Gasteiger partial charge in [-0.3, -0.25) is 10.1 Å². The van der Waals surface area contributed by atoms with E-state index in [0.717, 1.165) is 0 Å². The predicted octanol–water partition coefficient (Wildman–Crippen LogP) is 5.21. The molecule has 0 N–H and O–H groups in total. The van der Waals surface area contributed by atoms with Crippen LogP contribution in [0.3, 0.4) is 0 Å². The quantitative estimate of drug-likeness (QED) is 0.528. The summed E-state index contributed by atoms with van der Waals surface area (Å²) in [5.41, 5.74) is -2.42. The summed E-state index contributed by atoms with van der Waals surface area (Å²) in [6.07, 6.45) is -4.62. The highest BCUT2D eigenvalue weighted by molar-refractivity contribution is 5.53. The van der Waals surface area contributed by atoms with Crippen LogP contribution < -0.4 is 0 Å². The zero-order chi connectivity index (χ0) is 16.8. The van der Waals surface area contributed by atoms with Crippen molar-refractivity contribution in [2.45, 2.75) is 58.5 Å². The molecule has 0 bridgehead atoms. The Bertz CT molecular complexity index is 564. The predicted molar refractivity (Wildman–Crippen MR) is 75.5 cm³/mol. The first-order chi connectivity index (χ1) is 9.15. The molecule has 1 aromatic rings. The second-order valence-electron chi connectivity index (χ2n) is 7.17. The van der Waals surface area contributed by atoms with Crippen LogP contribution >= 0.6 is 0 Å². The average Bonchev–Trinajstić information content (AvgIpc) is 2.23. The Morgan fingerprint density at radius 2 is 1.29 bits per heavy atom. The summed E-state index contributed by atoms with van der Waals surface area (Å²) in [5.74, 6) is 0. The molecule has 0 saturated heterocycles. The SMILES string of the molecule is CC(C)(C)c1cc(C(C)(C)C)c(C(F)(F)F)cc1[N+](=O)[O-]. The maximum absolute atomic E-state index is 13.2. The lowest BCUT2D eigenvalue weighted by molar-refractivity contribution is -0.386. The Balaban J connectivity index is 3.84. The molecule has 0 aliphatic heterocycles. The van der Waals surface area contributed by atoms with Gasteiger partial charge in [0.2, 0.25) is 0 Å². The third-order valence-corrected chi connectivity index (χ3v) is 3.25. The van der Waals surface area contributed by atoms with Crippen molar-refractivity contribution in [3.8, 4) is 0 Å². The maximum atomic E-state index is 13.2. The first-order valence-electron chi connectivity index (χ1n) is 6.56. The standard InChI is InChI=1S/C15H20F3NO2/c1-13(2,3)9-7-11(14(4,5)6)12(19(20)21)8-10(9)15(16,17)18/h7-8H,1-6H3. The van der Waals surface area contributed by atoms with Gasteiger partial charge in [0.05, 0.1) is 10.5 Å². The summed E-state index contributed by atoms with van der Waals surface area (Å²) in [7, 11) is 0. The molecule has 0 aromatic heterocycles. The summed E-state index contributed by atoms with van der Waals surface area (Å²) >= 11 is 0. The number of nitrogens with zero attached hydrogens (tertiary/aromatic N) is 1. The molecule has 0 saturated carbocycles. The van der Waals surface area contributed by atoms with Gasteiger partial charge in [-0.25, -0.2) is 0 Å². The lowest BCUT2D eigenvalue weighted by atomic mass is 9.77. The normalized spacial score (nSPS) is 13.4. The van der Waals surface area contributed by atoms with E-state index in [1.54, 1.807) is 41.5 Å². The van der Waals surface area contributed by atoms with Gasteiger partial charge in [0.1, 0.15) is 0 Å². The highest BCUT2D eigenvalue weighted by Gasteiger charge is 2.40. The lowest BCUT2D eigenvalue weighted by Crippen LogP contribution is -2.23. The van der Waals surface area contributed by atoms with E-state index in [1.165, 1.54) is 6.07 Å². The van der Waals surface area contributed by atoms with E-state index >= 15 is 0 Å². The smallest absolute Gasteiger partial charge is 0.258 e. The number of hydrogen-bond acceptors (Lipinski definition) is 2. The first kappa shape index (κ1) is 17.5. The fourth-order valence-electron chi connectivity index (χ4n) is 2.20. The van der Waals surface area contributed by atoms with Gasteiger partial charge in [0, 0.05) is 11.6 Å². The van der Waals surface area contributed by atoms with Gasteiger partial charge in [-0.15, -0.1) is 0 Å². The van der Waals surface area contributed by atoms with Crippen LogP contribution in [-0.2, 0) is 17.0 Å². The van der Waals surface area contributed by atoms with Gasteiger partial charge in [0.15, 0.2) is 0 Å². The second kappa shape index (κ2) is 5.00. The van der Waals surface area contributed by atoms with Crippen LogP contribution in [0, 0.1) is 10.1 Å². The Morgan fingerprint density at radius 3 is 1.57 bits per heavy atom. The number of rotatable bonds is 1. The molecule has 0 heterocycles. The molecular formula is C15H20F3NO2. The molecule has 118 valence electrons. The molecule has 21 heavy (non-hydrogen) atoms. The van der Waals surface area contributed by atoms with Crippen molar-refractivity contribution in [3.63, 3.8) is 0 Å². The molecule has 1 rings (SSSR count). The van der Waals surface area contributed by atoms with E-state index in [4.69, 9.17) is 0 Å². The van der Waals surface area contributed by atoms with E-state index in [1.807, 2.05) is 0 Å². The largest absolute Gasteiger partial charge is 0.416 e. The molecular weight excluding hydrogens is 283 g/mol. The van der Waals surface area contributed by atoms with Crippen LogP contribution in [0.15, 0.2) is 12.1 Å². The zero-order valence-electron chi connectivity index (χ0n) is 13.1. The van der Waals surface area contributed by atoms with E-state index < -0.39 is 33.2 Å². The van der Waals surface area contributed by atoms with Crippen molar-refractivity contribution < 1.29 is 18.1 Å². The molecule has 0 atom stereocenters. The highest BCUT2D eigenvalue weighted by Crippen LogP contribution is 2.43. The van der Waals surface area contributed by atoms with Crippen LogP contribution in [0.4, 0.5) is 18.9 Å². The molecule has 0 fully saturated rings. The van der Waals surface area contributed by atoms with Gasteiger partial charge in [-0.2, -0.15) is 13.2 Å². The molecule has 0 aliphatic carbocycles. The van der Waals surface area contributed by atoms with Crippen molar-refractivity contribution in [1.82, 2.24) is 0 Å². The van der Waals surface area contributed by atoms with Crippen molar-refractivity contribution >= 4 is 5.69 Å². The third-order valence-electron chi connectivity index (χ3n) is 3.25. The molecule has 0 amide bonds. The van der Waals surface area contributed by atoms with Crippen molar-refractivity contribution in [2.75, 3.05) is 0 Å². The molecule has 6 heteroatoms. The van der Waals surface area contributed by atoms with E-state index in [2.05, 4.69) is 0 Å². The average molecular weight is 303 g/mol. The van der Waals surface area contributed by atoms with Crippen molar-refractivity contribution in [2.24, 2.45) is 0 Å². The Kier molecular flexibility index (Phi) is 4.16. The molecule has 0 radical (unpaired) electrons. The molecule has 1 aromatic carbocycles. The van der Waals surface area contributed by atoms with Crippen molar-refractivity contribution in [1.29, 1.82) is 0 Å². The number of nitro benzene ring substituents is 1. The third kappa shape index (κ3) is 3.74. The van der Waals surface area contributed by atoms with Crippen LogP contribution in [0.5, 0.6) is 0 Å². The molecule has 0 unspecified atom stereocenters. The minimum absolute atomic E-state index is 0.0746. The maximum Gasteiger partial charge on any atom is 0.416 e. The van der Waals surface area contributed by atoms with Gasteiger partial charge < -0.3 is 0 Å². The fourth-order valence-corrected chi connectivity index (χ4v) is 2.20. The van der Waals surface area contributed by atoms with Gasteiger partial charge in [-0.1, -0.05) is 41.5 Å². The number of halogens is 3.